The fraction of sp³-hybridized carbons (Fsp3) is 0.444. The van der Waals surface area contributed by atoms with Gasteiger partial charge in [0.25, 0.3) is 0 Å². The number of carbonyl (C=O) groups excluding carboxylic acids is 2. The van der Waals surface area contributed by atoms with Crippen LogP contribution >= 0.6 is 0 Å². The molecule has 3 N–H and O–H groups in total. The van der Waals surface area contributed by atoms with Gasteiger partial charge in [0.2, 0.25) is 5.91 Å². The number of rotatable bonds is 5. The lowest BCUT2D eigenvalue weighted by Gasteiger charge is -2.37. The third-order valence-corrected chi connectivity index (χ3v) is 7.78. The van der Waals surface area contributed by atoms with Crippen molar-refractivity contribution in [3.8, 4) is 11.1 Å². The van der Waals surface area contributed by atoms with Gasteiger partial charge in [0, 0.05) is 37.9 Å². The molecule has 0 aromatic heterocycles. The molecule has 8 heteroatoms. The molecule has 1 aliphatic heterocycles. The topological polar surface area (TPSA) is 116 Å². The number of hydrogen-bond donors (Lipinski definition) is 3. The molecule has 35 heavy (non-hydrogen) atoms. The Balaban J connectivity index is 1.18. The summed E-state index contributed by atoms with van der Waals surface area (Å²) in [5, 5.41) is 22.2. The van der Waals surface area contributed by atoms with Crippen LogP contribution < -0.4 is 5.32 Å². The molecule has 2 aliphatic carbocycles. The summed E-state index contributed by atoms with van der Waals surface area (Å²) in [4.78, 5) is 38.7. The fourth-order valence-corrected chi connectivity index (χ4v) is 5.77. The summed E-state index contributed by atoms with van der Waals surface area (Å²) in [5.41, 5.74) is 2.83. The molecule has 2 fully saturated rings. The number of likely N-dealkylation sites (tertiary alicyclic amines) is 1. The van der Waals surface area contributed by atoms with E-state index in [0.717, 1.165) is 28.7 Å². The molecule has 3 aliphatic rings. The molecular formula is C27H30N2O6. The first-order chi connectivity index (χ1) is 16.9. The van der Waals surface area contributed by atoms with Crippen LogP contribution in [-0.4, -0.2) is 64.4 Å². The molecule has 2 amide bonds. The van der Waals surface area contributed by atoms with E-state index in [2.05, 4.69) is 29.6 Å². The Hall–Kier alpha value is -3.39. The van der Waals surface area contributed by atoms with Gasteiger partial charge in [-0.15, -0.1) is 0 Å². The SMILES string of the molecule is O=C(N[C@@H]1CCC[C@@H]1C(=O)N1CCC(O)(C(=O)O)CC1)OCC1c2ccccc2-c2ccccc21. The van der Waals surface area contributed by atoms with E-state index in [1.165, 1.54) is 0 Å². The normalized spacial score (nSPS) is 22.8. The zero-order chi connectivity index (χ0) is 24.6. The molecule has 2 atom stereocenters. The van der Waals surface area contributed by atoms with E-state index in [1.807, 2.05) is 24.3 Å². The number of aliphatic carboxylic acids is 1. The zero-order valence-corrected chi connectivity index (χ0v) is 19.5. The van der Waals surface area contributed by atoms with E-state index >= 15 is 0 Å². The molecule has 1 saturated carbocycles. The van der Waals surface area contributed by atoms with Gasteiger partial charge in [-0.3, -0.25) is 4.79 Å². The predicted octanol–water partition coefficient (Wildman–Crippen LogP) is 3.13. The lowest BCUT2D eigenvalue weighted by atomic mass is 9.90. The maximum Gasteiger partial charge on any atom is 0.407 e. The van der Waals surface area contributed by atoms with Crippen LogP contribution in [0.15, 0.2) is 48.5 Å². The summed E-state index contributed by atoms with van der Waals surface area (Å²) in [7, 11) is 0. The van der Waals surface area contributed by atoms with Crippen LogP contribution in [0.4, 0.5) is 4.79 Å². The predicted molar refractivity (Wildman–Crippen MR) is 128 cm³/mol. The number of carbonyl (C=O) groups is 3. The van der Waals surface area contributed by atoms with Gasteiger partial charge in [-0.1, -0.05) is 55.0 Å². The molecule has 1 heterocycles. The Morgan fingerprint density at radius 3 is 2.17 bits per heavy atom. The Kier molecular flexibility index (Phi) is 6.23. The highest BCUT2D eigenvalue weighted by Crippen LogP contribution is 2.44. The van der Waals surface area contributed by atoms with Crippen LogP contribution in [-0.2, 0) is 14.3 Å². The maximum atomic E-state index is 13.1. The summed E-state index contributed by atoms with van der Waals surface area (Å²) >= 11 is 0. The number of ether oxygens (including phenoxy) is 1. The third-order valence-electron chi connectivity index (χ3n) is 7.78. The number of alkyl carbamates (subject to hydrolysis) is 1. The molecule has 0 unspecified atom stereocenters. The van der Waals surface area contributed by atoms with Gasteiger partial charge in [-0.2, -0.15) is 0 Å². The first-order valence-electron chi connectivity index (χ1n) is 12.2. The van der Waals surface area contributed by atoms with E-state index in [0.29, 0.717) is 12.8 Å². The van der Waals surface area contributed by atoms with Crippen LogP contribution in [0.5, 0.6) is 0 Å². The zero-order valence-electron chi connectivity index (χ0n) is 19.5. The average Bonchev–Trinajstić information content (AvgIpc) is 3.45. The Bertz CT molecular complexity index is 1090. The van der Waals surface area contributed by atoms with E-state index < -0.39 is 17.7 Å². The van der Waals surface area contributed by atoms with Crippen molar-refractivity contribution >= 4 is 18.0 Å². The summed E-state index contributed by atoms with van der Waals surface area (Å²) in [6.07, 6.45) is 1.64. The van der Waals surface area contributed by atoms with E-state index in [-0.39, 0.29) is 56.3 Å². The minimum atomic E-state index is -1.77. The number of hydrogen-bond acceptors (Lipinski definition) is 5. The highest BCUT2D eigenvalue weighted by Gasteiger charge is 2.43. The number of aliphatic hydroxyl groups is 1. The van der Waals surface area contributed by atoms with Crippen molar-refractivity contribution in [2.45, 2.75) is 49.7 Å². The molecule has 0 spiro atoms. The standard InChI is InChI=1S/C27H30N2O6/c30-24(29-14-12-27(34,13-15-29)25(31)32)21-10-5-11-23(21)28-26(33)35-16-22-19-8-3-1-6-17(19)18-7-2-4-9-20(18)22/h1-4,6-9,21-23,34H,5,10-16H2,(H,28,33)(H,31,32)/t21-,23+/m0/s1. The second-order valence-corrected chi connectivity index (χ2v) is 9.78. The van der Waals surface area contributed by atoms with Crippen molar-refractivity contribution in [3.63, 3.8) is 0 Å². The minimum absolute atomic E-state index is 0.00523. The highest BCUT2D eigenvalue weighted by molar-refractivity contribution is 5.82. The third kappa shape index (κ3) is 4.38. The van der Waals surface area contributed by atoms with Crippen molar-refractivity contribution in [2.75, 3.05) is 19.7 Å². The van der Waals surface area contributed by atoms with Crippen molar-refractivity contribution < 1.29 is 29.3 Å². The molecule has 1 saturated heterocycles. The van der Waals surface area contributed by atoms with Gasteiger partial charge in [-0.25, -0.2) is 9.59 Å². The van der Waals surface area contributed by atoms with Crippen molar-refractivity contribution in [2.24, 2.45) is 5.92 Å². The quantitative estimate of drug-likeness (QED) is 0.608. The van der Waals surface area contributed by atoms with Gasteiger partial charge in [0.15, 0.2) is 5.60 Å². The number of benzene rings is 2. The van der Waals surface area contributed by atoms with Crippen LogP contribution in [0.1, 0.15) is 49.1 Å². The Morgan fingerprint density at radius 1 is 0.971 bits per heavy atom. The second kappa shape index (κ2) is 9.34. The van der Waals surface area contributed by atoms with Gasteiger partial charge < -0.3 is 25.2 Å². The first-order valence-corrected chi connectivity index (χ1v) is 12.2. The summed E-state index contributed by atoms with van der Waals surface area (Å²) < 4.78 is 5.66. The number of piperidine rings is 1. The summed E-state index contributed by atoms with van der Waals surface area (Å²) in [6.45, 7) is 0.594. The van der Waals surface area contributed by atoms with Gasteiger partial charge in [-0.05, 0) is 35.1 Å². The minimum Gasteiger partial charge on any atom is -0.479 e. The second-order valence-electron chi connectivity index (χ2n) is 9.78. The van der Waals surface area contributed by atoms with E-state index in [4.69, 9.17) is 4.74 Å². The lowest BCUT2D eigenvalue weighted by molar-refractivity contribution is -0.166. The summed E-state index contributed by atoms with van der Waals surface area (Å²) in [5.74, 6) is -1.75. The van der Waals surface area contributed by atoms with Crippen LogP contribution in [0.3, 0.4) is 0 Å². The van der Waals surface area contributed by atoms with E-state index in [9.17, 15) is 24.6 Å². The molecule has 2 aromatic rings. The monoisotopic (exact) mass is 478 g/mol. The number of nitrogens with zero attached hydrogens (tertiary/aromatic N) is 1. The Morgan fingerprint density at radius 2 is 1.57 bits per heavy atom. The number of fused-ring (bicyclic) bond motifs is 3. The van der Waals surface area contributed by atoms with Gasteiger partial charge >= 0.3 is 12.1 Å². The smallest absolute Gasteiger partial charge is 0.407 e. The summed E-state index contributed by atoms with van der Waals surface area (Å²) in [6, 6.07) is 16.0. The van der Waals surface area contributed by atoms with Crippen LogP contribution in [0.2, 0.25) is 0 Å². The molecule has 8 nitrogen and oxygen atoms in total. The number of carboxylic acid groups (broad SMARTS) is 1. The molecule has 5 rings (SSSR count). The Labute approximate surface area is 203 Å². The number of nitrogens with one attached hydrogen (secondary N) is 1. The molecule has 2 aromatic carbocycles. The van der Waals surface area contributed by atoms with Crippen molar-refractivity contribution in [3.05, 3.63) is 59.7 Å². The van der Waals surface area contributed by atoms with Crippen LogP contribution in [0.25, 0.3) is 11.1 Å². The average molecular weight is 479 g/mol. The molecule has 0 radical (unpaired) electrons. The number of amides is 2. The van der Waals surface area contributed by atoms with E-state index in [1.54, 1.807) is 4.90 Å². The molecule has 0 bridgehead atoms. The molecular weight excluding hydrogens is 448 g/mol. The van der Waals surface area contributed by atoms with Crippen molar-refractivity contribution in [1.82, 2.24) is 10.2 Å². The number of carboxylic acids is 1. The van der Waals surface area contributed by atoms with Crippen molar-refractivity contribution in [1.29, 1.82) is 0 Å². The maximum absolute atomic E-state index is 13.1. The molecule has 184 valence electrons. The first kappa shape index (κ1) is 23.4. The highest BCUT2D eigenvalue weighted by atomic mass is 16.5. The largest absolute Gasteiger partial charge is 0.479 e. The van der Waals surface area contributed by atoms with Gasteiger partial charge in [0.1, 0.15) is 6.61 Å². The van der Waals surface area contributed by atoms with Gasteiger partial charge in [0.05, 0.1) is 5.92 Å². The fourth-order valence-electron chi connectivity index (χ4n) is 5.77. The van der Waals surface area contributed by atoms with Crippen LogP contribution in [0, 0.1) is 5.92 Å². The lowest BCUT2D eigenvalue weighted by Crippen LogP contribution is -2.53.